The fraction of sp³-hybridized carbons (Fsp3) is 0.600. The monoisotopic (exact) mass is 217 g/mol. The van der Waals surface area contributed by atoms with Gasteiger partial charge in [-0.25, -0.2) is 0 Å². The zero-order chi connectivity index (χ0) is 11.8. The Morgan fingerprint density at radius 2 is 2.06 bits per heavy atom. The summed E-state index contributed by atoms with van der Waals surface area (Å²) in [5.74, 6) is 0. The van der Waals surface area contributed by atoms with E-state index in [9.17, 15) is 0 Å². The van der Waals surface area contributed by atoms with Gasteiger partial charge in [0.2, 0.25) is 0 Å². The largest absolute Gasteiger partial charge is 0.313 e. The minimum absolute atomic E-state index is 0.327. The third-order valence-electron chi connectivity index (χ3n) is 4.38. The molecule has 1 fully saturated rings. The third kappa shape index (κ3) is 1.78. The van der Waals surface area contributed by atoms with Crippen molar-refractivity contribution in [1.29, 1.82) is 0 Å². The van der Waals surface area contributed by atoms with Crippen molar-refractivity contribution in [3.05, 3.63) is 34.9 Å². The molecule has 1 heterocycles. The van der Waals surface area contributed by atoms with Gasteiger partial charge in [-0.3, -0.25) is 0 Å². The number of aryl methyl sites for hydroxylation is 2. The standard InChI is InChI=1S/C15H23N/c1-5-14-15(4,8-9-16-14)13-7-6-11(2)12(3)10-13/h6-7,10,14,16H,5,8-9H2,1-4H3. The molecule has 2 unspecified atom stereocenters. The molecule has 1 N–H and O–H groups in total. The molecule has 0 saturated carbocycles. The van der Waals surface area contributed by atoms with Crippen LogP contribution in [-0.4, -0.2) is 12.6 Å². The van der Waals surface area contributed by atoms with Gasteiger partial charge < -0.3 is 5.32 Å². The second-order valence-electron chi connectivity index (χ2n) is 5.38. The van der Waals surface area contributed by atoms with Gasteiger partial charge in [0.15, 0.2) is 0 Å². The van der Waals surface area contributed by atoms with E-state index in [1.165, 1.54) is 29.5 Å². The molecule has 0 amide bonds. The molecule has 1 saturated heterocycles. The van der Waals surface area contributed by atoms with E-state index in [0.29, 0.717) is 11.5 Å². The van der Waals surface area contributed by atoms with Crippen LogP contribution in [0.1, 0.15) is 43.4 Å². The first-order valence-electron chi connectivity index (χ1n) is 6.39. The van der Waals surface area contributed by atoms with Gasteiger partial charge in [0.25, 0.3) is 0 Å². The summed E-state index contributed by atoms with van der Waals surface area (Å²) >= 11 is 0. The Hall–Kier alpha value is -0.820. The Labute approximate surface area is 99.3 Å². The van der Waals surface area contributed by atoms with Crippen LogP contribution in [0.2, 0.25) is 0 Å². The molecule has 1 heteroatoms. The Balaban J connectivity index is 2.38. The van der Waals surface area contributed by atoms with Gasteiger partial charge in [0, 0.05) is 11.5 Å². The first-order chi connectivity index (χ1) is 7.58. The Bertz CT molecular complexity index is 383. The fourth-order valence-electron chi connectivity index (χ4n) is 2.94. The molecule has 1 aromatic carbocycles. The van der Waals surface area contributed by atoms with E-state index in [1.54, 1.807) is 0 Å². The number of rotatable bonds is 2. The highest BCUT2D eigenvalue weighted by molar-refractivity contribution is 5.36. The van der Waals surface area contributed by atoms with E-state index >= 15 is 0 Å². The minimum Gasteiger partial charge on any atom is -0.313 e. The van der Waals surface area contributed by atoms with Crippen LogP contribution in [0.25, 0.3) is 0 Å². The Morgan fingerprint density at radius 1 is 1.31 bits per heavy atom. The van der Waals surface area contributed by atoms with Crippen LogP contribution < -0.4 is 5.32 Å². The summed E-state index contributed by atoms with van der Waals surface area (Å²) in [5.41, 5.74) is 4.65. The lowest BCUT2D eigenvalue weighted by molar-refractivity contribution is 0.392. The molecule has 0 bridgehead atoms. The van der Waals surface area contributed by atoms with Gasteiger partial charge >= 0.3 is 0 Å². The number of benzene rings is 1. The molecule has 2 rings (SSSR count). The number of hydrogen-bond donors (Lipinski definition) is 1. The quantitative estimate of drug-likeness (QED) is 0.801. The first kappa shape index (κ1) is 11.7. The lowest BCUT2D eigenvalue weighted by Gasteiger charge is -2.31. The van der Waals surface area contributed by atoms with E-state index < -0.39 is 0 Å². The second kappa shape index (κ2) is 4.21. The van der Waals surface area contributed by atoms with Crippen molar-refractivity contribution in [1.82, 2.24) is 5.32 Å². The zero-order valence-electron chi connectivity index (χ0n) is 10.9. The SMILES string of the molecule is CCC1NCCC1(C)c1ccc(C)c(C)c1. The highest BCUT2D eigenvalue weighted by atomic mass is 15.0. The predicted octanol–water partition coefficient (Wildman–Crippen LogP) is 3.33. The summed E-state index contributed by atoms with van der Waals surface area (Å²) in [6, 6.07) is 7.60. The van der Waals surface area contributed by atoms with Gasteiger partial charge in [-0.1, -0.05) is 32.0 Å². The molecule has 0 aliphatic carbocycles. The Kier molecular flexibility index (Phi) is 3.07. The minimum atomic E-state index is 0.327. The van der Waals surface area contributed by atoms with Crippen LogP contribution in [-0.2, 0) is 5.41 Å². The molecule has 0 aromatic heterocycles. The maximum absolute atomic E-state index is 3.63. The maximum Gasteiger partial charge on any atom is 0.0159 e. The lowest BCUT2D eigenvalue weighted by atomic mass is 9.74. The van der Waals surface area contributed by atoms with Crippen LogP contribution >= 0.6 is 0 Å². The average molecular weight is 217 g/mol. The van der Waals surface area contributed by atoms with Gasteiger partial charge in [-0.05, 0) is 49.9 Å². The molecule has 1 aliphatic rings. The molecule has 2 atom stereocenters. The number of hydrogen-bond acceptors (Lipinski definition) is 1. The smallest absolute Gasteiger partial charge is 0.0159 e. The molecule has 0 spiro atoms. The summed E-state index contributed by atoms with van der Waals surface area (Å²) in [6.07, 6.45) is 2.47. The third-order valence-corrected chi connectivity index (χ3v) is 4.38. The second-order valence-corrected chi connectivity index (χ2v) is 5.38. The van der Waals surface area contributed by atoms with Gasteiger partial charge in [-0.2, -0.15) is 0 Å². The molecular weight excluding hydrogens is 194 g/mol. The van der Waals surface area contributed by atoms with Crippen molar-refractivity contribution in [2.75, 3.05) is 6.54 Å². The van der Waals surface area contributed by atoms with Gasteiger partial charge in [0.1, 0.15) is 0 Å². The first-order valence-corrected chi connectivity index (χ1v) is 6.39. The van der Waals surface area contributed by atoms with Crippen LogP contribution in [0.5, 0.6) is 0 Å². The molecular formula is C15H23N. The van der Waals surface area contributed by atoms with Crippen molar-refractivity contribution < 1.29 is 0 Å². The van der Waals surface area contributed by atoms with E-state index in [0.717, 1.165) is 6.54 Å². The molecule has 88 valence electrons. The van der Waals surface area contributed by atoms with Crippen LogP contribution in [0.15, 0.2) is 18.2 Å². The van der Waals surface area contributed by atoms with E-state index in [4.69, 9.17) is 0 Å². The summed E-state index contributed by atoms with van der Waals surface area (Å²) < 4.78 is 0. The molecule has 1 nitrogen and oxygen atoms in total. The predicted molar refractivity (Wildman–Crippen MR) is 70.0 cm³/mol. The molecule has 16 heavy (non-hydrogen) atoms. The van der Waals surface area contributed by atoms with Crippen molar-refractivity contribution in [2.45, 2.75) is 52.0 Å². The topological polar surface area (TPSA) is 12.0 Å². The van der Waals surface area contributed by atoms with Crippen molar-refractivity contribution in [2.24, 2.45) is 0 Å². The van der Waals surface area contributed by atoms with Crippen molar-refractivity contribution in [3.63, 3.8) is 0 Å². The summed E-state index contributed by atoms with van der Waals surface area (Å²) in [6.45, 7) is 10.2. The summed E-state index contributed by atoms with van der Waals surface area (Å²) in [5, 5.41) is 3.63. The van der Waals surface area contributed by atoms with Crippen LogP contribution in [0.3, 0.4) is 0 Å². The Morgan fingerprint density at radius 3 is 2.69 bits per heavy atom. The van der Waals surface area contributed by atoms with Gasteiger partial charge in [-0.15, -0.1) is 0 Å². The van der Waals surface area contributed by atoms with Crippen molar-refractivity contribution in [3.8, 4) is 0 Å². The lowest BCUT2D eigenvalue weighted by Crippen LogP contribution is -2.37. The highest BCUT2D eigenvalue weighted by Crippen LogP contribution is 2.37. The number of nitrogens with one attached hydrogen (secondary N) is 1. The van der Waals surface area contributed by atoms with Gasteiger partial charge in [0.05, 0.1) is 0 Å². The maximum atomic E-state index is 3.63. The zero-order valence-corrected chi connectivity index (χ0v) is 10.9. The molecule has 1 aromatic rings. The summed E-state index contributed by atoms with van der Waals surface area (Å²) in [7, 11) is 0. The van der Waals surface area contributed by atoms with Crippen LogP contribution in [0.4, 0.5) is 0 Å². The van der Waals surface area contributed by atoms with E-state index in [2.05, 4.69) is 51.2 Å². The highest BCUT2D eigenvalue weighted by Gasteiger charge is 2.38. The molecule has 0 radical (unpaired) electrons. The summed E-state index contributed by atoms with van der Waals surface area (Å²) in [4.78, 5) is 0. The average Bonchev–Trinajstić information content (AvgIpc) is 2.65. The normalized spacial score (nSPS) is 29.6. The van der Waals surface area contributed by atoms with Crippen LogP contribution in [0, 0.1) is 13.8 Å². The molecule has 1 aliphatic heterocycles. The fourth-order valence-corrected chi connectivity index (χ4v) is 2.94. The van der Waals surface area contributed by atoms with Crippen molar-refractivity contribution >= 4 is 0 Å². The van der Waals surface area contributed by atoms with E-state index in [1.807, 2.05) is 0 Å². The van der Waals surface area contributed by atoms with E-state index in [-0.39, 0.29) is 0 Å².